The average molecular weight is 929 g/mol. The summed E-state index contributed by atoms with van der Waals surface area (Å²) in [6.07, 6.45) is 73.6. The lowest BCUT2D eigenvalue weighted by Crippen LogP contribution is -2.30. The largest absolute Gasteiger partial charge is 0.462 e. The molecule has 0 aromatic rings. The monoisotopic (exact) mass is 929 g/mol. The Morgan fingerprint density at radius 3 is 0.910 bits per heavy atom. The van der Waals surface area contributed by atoms with Crippen LogP contribution in [0.5, 0.6) is 0 Å². The van der Waals surface area contributed by atoms with Crippen molar-refractivity contribution in [2.24, 2.45) is 0 Å². The highest BCUT2D eigenvalue weighted by atomic mass is 16.6. The van der Waals surface area contributed by atoms with E-state index in [9.17, 15) is 14.4 Å². The third kappa shape index (κ3) is 52.9. The maximum absolute atomic E-state index is 12.8. The lowest BCUT2D eigenvalue weighted by atomic mass is 10.1. The van der Waals surface area contributed by atoms with Crippen molar-refractivity contribution >= 4 is 17.9 Å². The Balaban J connectivity index is 4.38. The fourth-order valence-corrected chi connectivity index (χ4v) is 7.22. The Kier molecular flexibility index (Phi) is 51.5. The molecule has 0 saturated carbocycles. The predicted octanol–water partition coefficient (Wildman–Crippen LogP) is 18.3. The van der Waals surface area contributed by atoms with Crippen molar-refractivity contribution in [2.45, 2.75) is 245 Å². The van der Waals surface area contributed by atoms with Gasteiger partial charge in [0.05, 0.1) is 0 Å². The van der Waals surface area contributed by atoms with Crippen molar-refractivity contribution in [3.8, 4) is 0 Å². The van der Waals surface area contributed by atoms with Gasteiger partial charge in [-0.1, -0.05) is 226 Å². The Morgan fingerprint density at radius 1 is 0.313 bits per heavy atom. The van der Waals surface area contributed by atoms with Crippen molar-refractivity contribution in [2.75, 3.05) is 13.2 Å². The minimum Gasteiger partial charge on any atom is -0.462 e. The summed E-state index contributed by atoms with van der Waals surface area (Å²) in [7, 11) is 0. The van der Waals surface area contributed by atoms with Gasteiger partial charge in [0, 0.05) is 19.3 Å². The van der Waals surface area contributed by atoms with Crippen LogP contribution >= 0.6 is 0 Å². The molecule has 0 aliphatic heterocycles. The molecule has 0 aromatic heterocycles. The van der Waals surface area contributed by atoms with Crippen LogP contribution in [0.3, 0.4) is 0 Å². The van der Waals surface area contributed by atoms with Gasteiger partial charge >= 0.3 is 17.9 Å². The van der Waals surface area contributed by atoms with Gasteiger partial charge in [0.15, 0.2) is 6.10 Å². The molecule has 0 radical (unpaired) electrons. The first-order chi connectivity index (χ1) is 33.0. The number of hydrogen-bond acceptors (Lipinski definition) is 6. The van der Waals surface area contributed by atoms with E-state index >= 15 is 0 Å². The number of allylic oxidation sites excluding steroid dienone is 18. The fraction of sp³-hybridized carbons (Fsp3) is 0.656. The summed E-state index contributed by atoms with van der Waals surface area (Å²) in [5, 5.41) is 0. The van der Waals surface area contributed by atoms with Crippen LogP contribution in [0.15, 0.2) is 109 Å². The molecule has 0 N–H and O–H groups in total. The molecule has 0 spiro atoms. The van der Waals surface area contributed by atoms with Crippen molar-refractivity contribution in [3.05, 3.63) is 109 Å². The van der Waals surface area contributed by atoms with Crippen molar-refractivity contribution in [3.63, 3.8) is 0 Å². The van der Waals surface area contributed by atoms with Crippen LogP contribution in [0.4, 0.5) is 0 Å². The molecule has 0 aliphatic carbocycles. The van der Waals surface area contributed by atoms with Gasteiger partial charge in [-0.15, -0.1) is 0 Å². The number of ether oxygens (including phenoxy) is 3. The number of rotatable bonds is 48. The van der Waals surface area contributed by atoms with E-state index in [2.05, 4.69) is 130 Å². The number of carbonyl (C=O) groups is 3. The summed E-state index contributed by atoms with van der Waals surface area (Å²) < 4.78 is 16.8. The van der Waals surface area contributed by atoms with Gasteiger partial charge in [0.2, 0.25) is 0 Å². The summed E-state index contributed by atoms with van der Waals surface area (Å²) in [5.41, 5.74) is 0. The maximum Gasteiger partial charge on any atom is 0.306 e. The lowest BCUT2D eigenvalue weighted by Gasteiger charge is -2.18. The molecule has 0 saturated heterocycles. The molecule has 380 valence electrons. The van der Waals surface area contributed by atoms with Gasteiger partial charge in [0.1, 0.15) is 13.2 Å². The minimum absolute atomic E-state index is 0.0908. The van der Waals surface area contributed by atoms with Crippen LogP contribution in [-0.4, -0.2) is 37.2 Å². The summed E-state index contributed by atoms with van der Waals surface area (Å²) in [6.45, 7) is 6.36. The quantitative estimate of drug-likeness (QED) is 0.0262. The zero-order valence-corrected chi connectivity index (χ0v) is 43.4. The van der Waals surface area contributed by atoms with E-state index < -0.39 is 6.10 Å². The van der Waals surface area contributed by atoms with Crippen LogP contribution in [0.1, 0.15) is 239 Å². The molecule has 0 aliphatic rings. The smallest absolute Gasteiger partial charge is 0.306 e. The van der Waals surface area contributed by atoms with E-state index in [1.807, 2.05) is 0 Å². The third-order valence-corrected chi connectivity index (χ3v) is 11.3. The molecule has 0 aromatic carbocycles. The number of esters is 3. The third-order valence-electron chi connectivity index (χ3n) is 11.3. The number of hydrogen-bond donors (Lipinski definition) is 0. The van der Waals surface area contributed by atoms with E-state index in [4.69, 9.17) is 14.2 Å². The lowest BCUT2D eigenvalue weighted by molar-refractivity contribution is -0.167. The minimum atomic E-state index is -0.794. The molecule has 0 rings (SSSR count). The predicted molar refractivity (Wildman–Crippen MR) is 288 cm³/mol. The first-order valence-corrected chi connectivity index (χ1v) is 27.4. The molecule has 0 bridgehead atoms. The highest BCUT2D eigenvalue weighted by molar-refractivity contribution is 5.71. The maximum atomic E-state index is 12.8. The first kappa shape index (κ1) is 63.1. The Labute approximate surface area is 412 Å². The van der Waals surface area contributed by atoms with Gasteiger partial charge in [-0.2, -0.15) is 0 Å². The molecular formula is C61H100O6. The highest BCUT2D eigenvalue weighted by Gasteiger charge is 2.19. The van der Waals surface area contributed by atoms with E-state index in [1.165, 1.54) is 51.4 Å². The molecule has 67 heavy (non-hydrogen) atoms. The zero-order chi connectivity index (χ0) is 48.6. The van der Waals surface area contributed by atoms with Gasteiger partial charge in [-0.3, -0.25) is 14.4 Å². The second-order valence-electron chi connectivity index (χ2n) is 17.7. The van der Waals surface area contributed by atoms with Crippen molar-refractivity contribution < 1.29 is 28.6 Å². The van der Waals surface area contributed by atoms with E-state index in [1.54, 1.807) is 0 Å². The van der Waals surface area contributed by atoms with Crippen LogP contribution in [0.25, 0.3) is 0 Å². The highest BCUT2D eigenvalue weighted by Crippen LogP contribution is 2.14. The summed E-state index contributed by atoms with van der Waals surface area (Å²) in [6, 6.07) is 0. The van der Waals surface area contributed by atoms with Crippen molar-refractivity contribution in [1.29, 1.82) is 0 Å². The number of unbranched alkanes of at least 4 members (excludes halogenated alkanes) is 19. The molecule has 0 amide bonds. The molecule has 6 nitrogen and oxygen atoms in total. The summed E-state index contributed by atoms with van der Waals surface area (Å²) in [5.74, 6) is -0.929. The van der Waals surface area contributed by atoms with Gasteiger partial charge < -0.3 is 14.2 Å². The molecule has 1 atom stereocenters. The fourth-order valence-electron chi connectivity index (χ4n) is 7.22. The van der Waals surface area contributed by atoms with E-state index in [-0.39, 0.29) is 31.1 Å². The SMILES string of the molecule is CC/C=C\C/C=C\C/C=C\C/C=C\C/C=C\CCCCCCCC(=O)OCC(COC(=O)CCCCCCCCCCC)OC(=O)CCCCCCCC/C=C\C/C=C\C/C=C\C/C=C\CC. The number of carbonyl (C=O) groups excluding carboxylic acids is 3. The molecule has 6 heteroatoms. The standard InChI is InChI=1S/C61H100O6/c1-4-7-10-13-16-19-21-23-25-27-29-30-32-33-35-37-39-42-45-48-51-54-60(63)66-57-58(56-65-59(62)53-50-47-44-41-18-15-12-9-6-3)67-61(64)55-52-49-46-43-40-38-36-34-31-28-26-24-22-20-17-14-11-8-5-2/h7-8,10-11,16-17,19-20,23-26,29-31,33-35,58H,4-6,9,12-15,18,21-22,27-28,32,36-57H2,1-3H3/b10-7-,11-8-,19-16-,20-17-,25-23-,26-24-,30-29-,34-31-,35-33-. The van der Waals surface area contributed by atoms with Gasteiger partial charge in [0.25, 0.3) is 0 Å². The zero-order valence-electron chi connectivity index (χ0n) is 43.4. The summed E-state index contributed by atoms with van der Waals surface area (Å²) >= 11 is 0. The average Bonchev–Trinajstić information content (AvgIpc) is 3.33. The molecule has 1 unspecified atom stereocenters. The van der Waals surface area contributed by atoms with Gasteiger partial charge in [-0.25, -0.2) is 0 Å². The molecular weight excluding hydrogens is 829 g/mol. The Morgan fingerprint density at radius 2 is 0.582 bits per heavy atom. The Hall–Kier alpha value is -3.93. The van der Waals surface area contributed by atoms with E-state index in [0.717, 1.165) is 148 Å². The van der Waals surface area contributed by atoms with Crippen LogP contribution < -0.4 is 0 Å². The van der Waals surface area contributed by atoms with E-state index in [0.29, 0.717) is 19.3 Å². The van der Waals surface area contributed by atoms with Crippen molar-refractivity contribution in [1.82, 2.24) is 0 Å². The van der Waals surface area contributed by atoms with Gasteiger partial charge in [-0.05, 0) is 103 Å². The summed E-state index contributed by atoms with van der Waals surface area (Å²) in [4.78, 5) is 38.0. The first-order valence-electron chi connectivity index (χ1n) is 27.4. The molecule has 0 heterocycles. The van der Waals surface area contributed by atoms with Crippen LogP contribution in [-0.2, 0) is 28.6 Å². The van der Waals surface area contributed by atoms with Crippen LogP contribution in [0, 0.1) is 0 Å². The second-order valence-corrected chi connectivity index (χ2v) is 17.7. The van der Waals surface area contributed by atoms with Crippen LogP contribution in [0.2, 0.25) is 0 Å². The Bertz CT molecular complexity index is 1390. The normalized spacial score (nSPS) is 12.9. The molecule has 0 fully saturated rings. The topological polar surface area (TPSA) is 78.9 Å². The second kappa shape index (κ2) is 54.7.